The van der Waals surface area contributed by atoms with Gasteiger partial charge in [0, 0.05) is 18.9 Å². The molecule has 4 rings (SSSR count). The molecule has 1 saturated heterocycles. The van der Waals surface area contributed by atoms with E-state index in [1.165, 1.54) is 16.7 Å². The average Bonchev–Trinajstić information content (AvgIpc) is 3.28. The Morgan fingerprint density at radius 1 is 1.10 bits per heavy atom. The second-order valence-electron chi connectivity index (χ2n) is 7.48. The molecule has 29 heavy (non-hydrogen) atoms. The first-order chi connectivity index (χ1) is 13.7. The number of amides is 1. The van der Waals surface area contributed by atoms with E-state index in [1.807, 2.05) is 23.0 Å². The smallest absolute Gasteiger partial charge is 0.248 e. The predicted octanol–water partition coefficient (Wildman–Crippen LogP) is 3.68. The maximum atomic E-state index is 13.2. The van der Waals surface area contributed by atoms with E-state index < -0.39 is 5.54 Å². The number of nitrogens with zero attached hydrogens (tertiary/aromatic N) is 2. The second kappa shape index (κ2) is 9.25. The second-order valence-corrected chi connectivity index (χ2v) is 7.48. The summed E-state index contributed by atoms with van der Waals surface area (Å²) in [4.78, 5) is 13.2. The summed E-state index contributed by atoms with van der Waals surface area (Å²) in [7, 11) is 0. The molecule has 1 aliphatic heterocycles. The van der Waals surface area contributed by atoms with E-state index in [0.29, 0.717) is 6.54 Å². The summed E-state index contributed by atoms with van der Waals surface area (Å²) in [5.74, 6) is 0.0404. The number of aromatic nitrogens is 2. The fraction of sp³-hybridized carbons (Fsp3) is 0.304. The van der Waals surface area contributed by atoms with Gasteiger partial charge < -0.3 is 10.6 Å². The van der Waals surface area contributed by atoms with Crippen LogP contribution < -0.4 is 10.6 Å². The van der Waals surface area contributed by atoms with E-state index in [0.717, 1.165) is 31.5 Å². The molecule has 2 heterocycles. The zero-order chi connectivity index (χ0) is 19.4. The van der Waals surface area contributed by atoms with Gasteiger partial charge in [-0.15, -0.1) is 12.4 Å². The maximum Gasteiger partial charge on any atom is 0.248 e. The summed E-state index contributed by atoms with van der Waals surface area (Å²) in [6.07, 6.45) is 5.11. The number of carbonyl (C=O) groups excluding carboxylic acids is 1. The molecule has 1 fully saturated rings. The minimum atomic E-state index is -0.608. The van der Waals surface area contributed by atoms with Crippen LogP contribution in [-0.2, 0) is 16.9 Å². The number of nitrogens with one attached hydrogen (secondary N) is 2. The SMILES string of the molecule is Cc1cccc(-c2cccc(CNC(=O)C3(n4cccn4)CCNCC3)c2)c1.Cl. The van der Waals surface area contributed by atoms with Gasteiger partial charge in [0.05, 0.1) is 0 Å². The molecular formula is C23H27ClN4O. The Labute approximate surface area is 177 Å². The number of hydrogen-bond donors (Lipinski definition) is 2. The number of hydrogen-bond acceptors (Lipinski definition) is 3. The molecule has 0 saturated carbocycles. The Balaban J connectivity index is 0.00000240. The predicted molar refractivity (Wildman–Crippen MR) is 118 cm³/mol. The molecule has 2 N–H and O–H groups in total. The molecule has 5 nitrogen and oxygen atoms in total. The lowest BCUT2D eigenvalue weighted by Crippen LogP contribution is -2.54. The van der Waals surface area contributed by atoms with Gasteiger partial charge in [0.1, 0.15) is 5.54 Å². The number of benzene rings is 2. The molecule has 6 heteroatoms. The van der Waals surface area contributed by atoms with E-state index in [-0.39, 0.29) is 18.3 Å². The highest BCUT2D eigenvalue weighted by Gasteiger charge is 2.41. The number of aryl methyl sites for hydroxylation is 1. The molecule has 2 aromatic carbocycles. The lowest BCUT2D eigenvalue weighted by molar-refractivity contribution is -0.132. The standard InChI is InChI=1S/C23H26N4O.ClH/c1-18-5-2-7-20(15-18)21-8-3-6-19(16-21)17-25-22(28)23(9-12-24-13-10-23)27-14-4-11-26-27;/h2-8,11,14-16,24H,9-10,12-13,17H2,1H3,(H,25,28);1H. The zero-order valence-electron chi connectivity index (χ0n) is 16.6. The van der Waals surface area contributed by atoms with Crippen LogP contribution in [0, 0.1) is 6.92 Å². The molecule has 0 atom stereocenters. The maximum absolute atomic E-state index is 13.2. The lowest BCUT2D eigenvalue weighted by Gasteiger charge is -2.36. The van der Waals surface area contributed by atoms with Crippen LogP contribution >= 0.6 is 12.4 Å². The summed E-state index contributed by atoms with van der Waals surface area (Å²) in [6, 6.07) is 18.7. The molecule has 0 aliphatic carbocycles. The van der Waals surface area contributed by atoms with Crippen molar-refractivity contribution >= 4 is 18.3 Å². The van der Waals surface area contributed by atoms with Gasteiger partial charge in [0.15, 0.2) is 0 Å². The van der Waals surface area contributed by atoms with Crippen molar-refractivity contribution in [1.82, 2.24) is 20.4 Å². The highest BCUT2D eigenvalue weighted by molar-refractivity contribution is 5.85. The first-order valence-corrected chi connectivity index (χ1v) is 9.82. The molecule has 0 radical (unpaired) electrons. The third kappa shape index (κ3) is 4.52. The van der Waals surface area contributed by atoms with Gasteiger partial charge in [-0.25, -0.2) is 0 Å². The highest BCUT2D eigenvalue weighted by atomic mass is 35.5. The fourth-order valence-corrected chi connectivity index (χ4v) is 3.95. The van der Waals surface area contributed by atoms with Gasteiger partial charge in [-0.3, -0.25) is 9.48 Å². The molecule has 0 spiro atoms. The minimum Gasteiger partial charge on any atom is -0.350 e. The van der Waals surface area contributed by atoms with Crippen molar-refractivity contribution in [3.8, 4) is 11.1 Å². The van der Waals surface area contributed by atoms with Gasteiger partial charge in [-0.2, -0.15) is 5.10 Å². The summed E-state index contributed by atoms with van der Waals surface area (Å²) < 4.78 is 1.83. The van der Waals surface area contributed by atoms with Crippen LogP contribution in [0.15, 0.2) is 67.0 Å². The largest absolute Gasteiger partial charge is 0.350 e. The number of carbonyl (C=O) groups is 1. The zero-order valence-corrected chi connectivity index (χ0v) is 17.4. The first-order valence-electron chi connectivity index (χ1n) is 9.82. The van der Waals surface area contributed by atoms with Crippen molar-refractivity contribution in [3.05, 3.63) is 78.1 Å². The van der Waals surface area contributed by atoms with Gasteiger partial charge in [0.2, 0.25) is 5.91 Å². The fourth-order valence-electron chi connectivity index (χ4n) is 3.95. The number of halogens is 1. The minimum absolute atomic E-state index is 0. The van der Waals surface area contributed by atoms with Crippen LogP contribution in [0.1, 0.15) is 24.0 Å². The van der Waals surface area contributed by atoms with E-state index in [9.17, 15) is 4.79 Å². The van der Waals surface area contributed by atoms with E-state index in [1.54, 1.807) is 6.20 Å². The Kier molecular flexibility index (Phi) is 6.72. The van der Waals surface area contributed by atoms with Gasteiger partial charge in [-0.1, -0.05) is 48.0 Å². The van der Waals surface area contributed by atoms with Gasteiger partial charge >= 0.3 is 0 Å². The summed E-state index contributed by atoms with van der Waals surface area (Å²) in [6.45, 7) is 4.24. The lowest BCUT2D eigenvalue weighted by atomic mass is 9.87. The summed E-state index contributed by atoms with van der Waals surface area (Å²) in [5, 5.41) is 10.9. The molecule has 3 aromatic rings. The highest BCUT2D eigenvalue weighted by Crippen LogP contribution is 2.27. The Bertz CT molecular complexity index is 949. The Hall–Kier alpha value is -2.63. The third-order valence-electron chi connectivity index (χ3n) is 5.53. The molecule has 152 valence electrons. The van der Waals surface area contributed by atoms with Crippen molar-refractivity contribution in [3.63, 3.8) is 0 Å². The van der Waals surface area contributed by atoms with Crippen molar-refractivity contribution in [1.29, 1.82) is 0 Å². The molecule has 1 aromatic heterocycles. The third-order valence-corrected chi connectivity index (χ3v) is 5.53. The first kappa shape index (κ1) is 21.1. The average molecular weight is 411 g/mol. The summed E-state index contributed by atoms with van der Waals surface area (Å²) >= 11 is 0. The topological polar surface area (TPSA) is 59.0 Å². The van der Waals surface area contributed by atoms with Crippen LogP contribution in [0.2, 0.25) is 0 Å². The van der Waals surface area contributed by atoms with Crippen LogP contribution in [0.5, 0.6) is 0 Å². The van der Waals surface area contributed by atoms with Gasteiger partial charge in [-0.05, 0) is 61.7 Å². The van der Waals surface area contributed by atoms with Crippen LogP contribution in [0.3, 0.4) is 0 Å². The quantitative estimate of drug-likeness (QED) is 0.674. The molecule has 1 aliphatic rings. The molecular weight excluding hydrogens is 384 g/mol. The van der Waals surface area contributed by atoms with Crippen molar-refractivity contribution in [2.45, 2.75) is 31.8 Å². The Morgan fingerprint density at radius 3 is 2.52 bits per heavy atom. The monoisotopic (exact) mass is 410 g/mol. The molecule has 0 unspecified atom stereocenters. The summed E-state index contributed by atoms with van der Waals surface area (Å²) in [5.41, 5.74) is 4.09. The Morgan fingerprint density at radius 2 is 1.83 bits per heavy atom. The van der Waals surface area contributed by atoms with E-state index >= 15 is 0 Å². The molecule has 1 amide bonds. The van der Waals surface area contributed by atoms with Crippen molar-refractivity contribution < 1.29 is 4.79 Å². The van der Waals surface area contributed by atoms with E-state index in [4.69, 9.17) is 0 Å². The van der Waals surface area contributed by atoms with Gasteiger partial charge in [0.25, 0.3) is 0 Å². The van der Waals surface area contributed by atoms with Crippen LogP contribution in [0.4, 0.5) is 0 Å². The number of rotatable bonds is 5. The normalized spacial score (nSPS) is 15.3. The van der Waals surface area contributed by atoms with Crippen molar-refractivity contribution in [2.75, 3.05) is 13.1 Å². The van der Waals surface area contributed by atoms with Crippen LogP contribution in [0.25, 0.3) is 11.1 Å². The van der Waals surface area contributed by atoms with E-state index in [2.05, 4.69) is 65.1 Å². The molecule has 0 bridgehead atoms. The van der Waals surface area contributed by atoms with Crippen LogP contribution in [-0.4, -0.2) is 28.8 Å². The van der Waals surface area contributed by atoms with Crippen molar-refractivity contribution in [2.24, 2.45) is 0 Å². The number of piperidine rings is 1.